The molecular formula is C11H8F3NO2. The molecule has 0 N–H and O–H groups in total. The number of rotatable bonds is 3. The Kier molecular flexibility index (Phi) is 4.03. The maximum Gasteiger partial charge on any atom is 0.437 e. The molecule has 0 radical (unpaired) electrons. The minimum atomic E-state index is -4.71. The molecule has 1 aromatic rings. The lowest BCUT2D eigenvalue weighted by Gasteiger charge is -2.09. The van der Waals surface area contributed by atoms with E-state index in [-0.39, 0.29) is 5.56 Å². The van der Waals surface area contributed by atoms with Crippen LogP contribution >= 0.6 is 0 Å². The number of halogens is 3. The summed E-state index contributed by atoms with van der Waals surface area (Å²) < 4.78 is 37.8. The minimum Gasteiger partial charge on any atom is -0.313 e. The second-order valence-electron chi connectivity index (χ2n) is 2.92. The molecule has 0 spiro atoms. The molecule has 0 bridgehead atoms. The molecule has 0 heterocycles. The van der Waals surface area contributed by atoms with Crippen molar-refractivity contribution in [3.05, 3.63) is 48.6 Å². The number of oxime groups is 1. The van der Waals surface area contributed by atoms with E-state index < -0.39 is 17.9 Å². The molecule has 3 nitrogen and oxygen atoms in total. The monoisotopic (exact) mass is 243 g/mol. The van der Waals surface area contributed by atoms with Crippen molar-refractivity contribution >= 4 is 11.7 Å². The molecule has 0 aromatic heterocycles. The Morgan fingerprint density at radius 2 is 1.88 bits per heavy atom. The van der Waals surface area contributed by atoms with Gasteiger partial charge in [-0.1, -0.05) is 42.1 Å². The van der Waals surface area contributed by atoms with E-state index in [0.29, 0.717) is 0 Å². The molecule has 0 aliphatic rings. The van der Waals surface area contributed by atoms with Crippen LogP contribution < -0.4 is 0 Å². The first-order valence-electron chi connectivity index (χ1n) is 4.49. The molecule has 90 valence electrons. The lowest BCUT2D eigenvalue weighted by atomic mass is 10.1. The van der Waals surface area contributed by atoms with E-state index in [9.17, 15) is 18.0 Å². The number of hydrogen-bond donors (Lipinski definition) is 0. The number of carbonyl (C=O) groups excluding carboxylic acids is 1. The first kappa shape index (κ1) is 13.0. The zero-order valence-electron chi connectivity index (χ0n) is 8.57. The van der Waals surface area contributed by atoms with Crippen LogP contribution in [-0.4, -0.2) is 17.9 Å². The molecule has 0 aliphatic heterocycles. The third-order valence-corrected chi connectivity index (χ3v) is 1.71. The van der Waals surface area contributed by atoms with E-state index in [1.807, 2.05) is 0 Å². The number of carbonyl (C=O) groups is 1. The van der Waals surface area contributed by atoms with Crippen molar-refractivity contribution < 1.29 is 22.8 Å². The van der Waals surface area contributed by atoms with Crippen molar-refractivity contribution in [3.8, 4) is 0 Å². The van der Waals surface area contributed by atoms with Gasteiger partial charge in [0.1, 0.15) is 0 Å². The Hall–Kier alpha value is -2.11. The molecule has 6 heteroatoms. The highest BCUT2D eigenvalue weighted by molar-refractivity contribution is 6.04. The Bertz CT molecular complexity index is 438. The lowest BCUT2D eigenvalue weighted by molar-refractivity contribution is -0.138. The highest BCUT2D eigenvalue weighted by atomic mass is 19.4. The van der Waals surface area contributed by atoms with Gasteiger partial charge in [0.2, 0.25) is 0 Å². The second kappa shape index (κ2) is 5.29. The average Bonchev–Trinajstić information content (AvgIpc) is 2.28. The molecule has 1 rings (SSSR count). The number of hydrogen-bond acceptors (Lipinski definition) is 3. The zero-order valence-corrected chi connectivity index (χ0v) is 8.57. The van der Waals surface area contributed by atoms with Crippen molar-refractivity contribution in [3.63, 3.8) is 0 Å². The smallest absolute Gasteiger partial charge is 0.313 e. The molecule has 17 heavy (non-hydrogen) atoms. The molecule has 0 fully saturated rings. The predicted octanol–water partition coefficient (Wildman–Crippen LogP) is 2.68. The van der Waals surface area contributed by atoms with Gasteiger partial charge in [-0.2, -0.15) is 13.2 Å². The van der Waals surface area contributed by atoms with E-state index in [2.05, 4.69) is 16.6 Å². The molecular weight excluding hydrogens is 235 g/mol. The topological polar surface area (TPSA) is 38.7 Å². The van der Waals surface area contributed by atoms with E-state index in [1.54, 1.807) is 6.07 Å². The summed E-state index contributed by atoms with van der Waals surface area (Å²) in [5.41, 5.74) is -1.45. The zero-order chi connectivity index (χ0) is 12.9. The van der Waals surface area contributed by atoms with Crippen LogP contribution in [0.2, 0.25) is 0 Å². The van der Waals surface area contributed by atoms with Gasteiger partial charge in [0.05, 0.1) is 0 Å². The first-order chi connectivity index (χ1) is 7.95. The van der Waals surface area contributed by atoms with Gasteiger partial charge in [-0.05, 0) is 0 Å². The molecule has 0 aliphatic carbocycles. The average molecular weight is 243 g/mol. The summed E-state index contributed by atoms with van der Waals surface area (Å²) >= 11 is 0. The summed E-state index contributed by atoms with van der Waals surface area (Å²) in [6.45, 7) is 3.05. The van der Waals surface area contributed by atoms with Crippen molar-refractivity contribution in [1.82, 2.24) is 0 Å². The summed E-state index contributed by atoms with van der Waals surface area (Å²) in [5.74, 6) is -1.05. The van der Waals surface area contributed by atoms with Crippen LogP contribution in [0.1, 0.15) is 5.56 Å². The van der Waals surface area contributed by atoms with Crippen molar-refractivity contribution in [2.45, 2.75) is 6.18 Å². The van der Waals surface area contributed by atoms with Crippen LogP contribution in [0.5, 0.6) is 0 Å². The van der Waals surface area contributed by atoms with Crippen molar-refractivity contribution in [2.24, 2.45) is 5.16 Å². The third kappa shape index (κ3) is 3.75. The molecule has 0 saturated carbocycles. The van der Waals surface area contributed by atoms with Crippen molar-refractivity contribution in [2.75, 3.05) is 0 Å². The fourth-order valence-electron chi connectivity index (χ4n) is 0.992. The summed E-state index contributed by atoms with van der Waals surface area (Å²) in [7, 11) is 0. The molecule has 0 unspecified atom stereocenters. The second-order valence-corrected chi connectivity index (χ2v) is 2.92. The van der Waals surface area contributed by atoms with E-state index in [1.165, 1.54) is 24.3 Å². The maximum absolute atomic E-state index is 12.6. The Morgan fingerprint density at radius 1 is 1.29 bits per heavy atom. The van der Waals surface area contributed by atoms with Crippen LogP contribution in [0, 0.1) is 0 Å². The van der Waals surface area contributed by atoms with Crippen LogP contribution in [0.4, 0.5) is 13.2 Å². The van der Waals surface area contributed by atoms with Crippen LogP contribution in [-0.2, 0) is 9.63 Å². The summed E-state index contributed by atoms with van der Waals surface area (Å²) in [4.78, 5) is 14.7. The van der Waals surface area contributed by atoms with Gasteiger partial charge in [-0.3, -0.25) is 0 Å². The van der Waals surface area contributed by atoms with E-state index in [4.69, 9.17) is 0 Å². The normalized spacial score (nSPS) is 12.1. The van der Waals surface area contributed by atoms with E-state index >= 15 is 0 Å². The number of alkyl halides is 3. The lowest BCUT2D eigenvalue weighted by Crippen LogP contribution is -2.24. The summed E-state index contributed by atoms with van der Waals surface area (Å²) in [6.07, 6.45) is -3.98. The standard InChI is InChI=1S/C11H8F3NO2/c1-2-9(16)17-15-10(11(12,13)14)8-6-4-3-5-7-8/h2-7H,1H2/b15-10+. The minimum absolute atomic E-state index is 0.183. The largest absolute Gasteiger partial charge is 0.437 e. The SMILES string of the molecule is C=CC(=O)O/N=C(\c1ccccc1)C(F)(F)F. The molecule has 0 saturated heterocycles. The van der Waals surface area contributed by atoms with Gasteiger partial charge < -0.3 is 4.84 Å². The summed E-state index contributed by atoms with van der Waals surface area (Å²) in [5, 5.41) is 2.81. The summed E-state index contributed by atoms with van der Waals surface area (Å²) in [6, 6.07) is 6.84. The van der Waals surface area contributed by atoms with Crippen molar-refractivity contribution in [1.29, 1.82) is 0 Å². The van der Waals surface area contributed by atoms with Crippen LogP contribution in [0.15, 0.2) is 48.1 Å². The van der Waals surface area contributed by atoms with Crippen LogP contribution in [0.3, 0.4) is 0 Å². The van der Waals surface area contributed by atoms with Gasteiger partial charge in [0.15, 0.2) is 5.71 Å². The Labute approximate surface area is 95.2 Å². The van der Waals surface area contributed by atoms with Gasteiger partial charge in [0.25, 0.3) is 0 Å². The third-order valence-electron chi connectivity index (χ3n) is 1.71. The quantitative estimate of drug-likeness (QED) is 0.354. The van der Waals surface area contributed by atoms with Gasteiger partial charge in [0, 0.05) is 11.6 Å². The molecule has 1 aromatic carbocycles. The van der Waals surface area contributed by atoms with Gasteiger partial charge in [-0.25, -0.2) is 4.79 Å². The fourth-order valence-corrected chi connectivity index (χ4v) is 0.992. The number of benzene rings is 1. The highest BCUT2D eigenvalue weighted by Gasteiger charge is 2.37. The maximum atomic E-state index is 12.6. The van der Waals surface area contributed by atoms with Gasteiger partial charge in [-0.15, -0.1) is 0 Å². The van der Waals surface area contributed by atoms with Gasteiger partial charge >= 0.3 is 12.1 Å². The van der Waals surface area contributed by atoms with E-state index in [0.717, 1.165) is 6.08 Å². The first-order valence-corrected chi connectivity index (χ1v) is 4.49. The molecule has 0 amide bonds. The Morgan fingerprint density at radius 3 is 2.35 bits per heavy atom. The fraction of sp³-hybridized carbons (Fsp3) is 0.0909. The highest BCUT2D eigenvalue weighted by Crippen LogP contribution is 2.22. The number of nitrogens with zero attached hydrogens (tertiary/aromatic N) is 1. The Balaban J connectivity index is 3.06. The molecule has 0 atom stereocenters. The van der Waals surface area contributed by atoms with Crippen LogP contribution in [0.25, 0.3) is 0 Å². The predicted molar refractivity (Wildman–Crippen MR) is 55.3 cm³/mol.